The lowest BCUT2D eigenvalue weighted by molar-refractivity contribution is 1.28. The lowest BCUT2D eigenvalue weighted by atomic mass is 10.3. The van der Waals surface area contributed by atoms with E-state index in [2.05, 4.69) is 11.3 Å². The summed E-state index contributed by atoms with van der Waals surface area (Å²) in [6, 6.07) is 0. The molecule has 0 aliphatic heterocycles. The molecule has 1 rings (SSSR count). The second-order valence-electron chi connectivity index (χ2n) is 1.28. The normalized spacial score (nSPS) is 9.29. The van der Waals surface area contributed by atoms with Gasteiger partial charge in [0.1, 0.15) is 0 Å². The van der Waals surface area contributed by atoms with Gasteiger partial charge in [-0.25, -0.2) is 4.37 Å². The number of hydrogen-bond acceptors (Lipinski definition) is 2. The molecule has 0 unspecified atom stereocenters. The summed E-state index contributed by atoms with van der Waals surface area (Å²) in [5.41, 5.74) is 1.23. The van der Waals surface area contributed by atoms with Gasteiger partial charge in [-0.05, 0) is 30.4 Å². The van der Waals surface area contributed by atoms with Gasteiger partial charge in [-0.1, -0.05) is 0 Å². The molecule has 0 aliphatic carbocycles. The van der Waals surface area contributed by atoms with E-state index in [1.165, 1.54) is 17.1 Å². The highest BCUT2D eigenvalue weighted by molar-refractivity contribution is 7.03. The molecule has 1 aromatic heterocycles. The highest BCUT2D eigenvalue weighted by Crippen LogP contribution is 1.99. The Kier molecular flexibility index (Phi) is 1.42. The standard InChI is InChI=1S/C5H6NS/c1-2-5-3-6-7-4-5/h3-4H,1-2H2. The Morgan fingerprint density at radius 2 is 2.71 bits per heavy atom. The molecule has 0 saturated heterocycles. The number of hydrogen-bond donors (Lipinski definition) is 0. The van der Waals surface area contributed by atoms with E-state index in [1.54, 1.807) is 0 Å². The SMILES string of the molecule is [CH2]Cc1cnsc1. The van der Waals surface area contributed by atoms with Crippen LogP contribution in [0.2, 0.25) is 0 Å². The van der Waals surface area contributed by atoms with E-state index >= 15 is 0 Å². The van der Waals surface area contributed by atoms with Crippen molar-refractivity contribution < 1.29 is 0 Å². The van der Waals surface area contributed by atoms with Crippen LogP contribution in [0.1, 0.15) is 5.56 Å². The molecule has 0 saturated carbocycles. The van der Waals surface area contributed by atoms with Crippen LogP contribution in [-0.4, -0.2) is 4.37 Å². The minimum absolute atomic E-state index is 0.858. The van der Waals surface area contributed by atoms with E-state index in [-0.39, 0.29) is 0 Å². The van der Waals surface area contributed by atoms with Crippen LogP contribution in [0.15, 0.2) is 11.6 Å². The van der Waals surface area contributed by atoms with Gasteiger partial charge in [0.2, 0.25) is 0 Å². The molecule has 0 bridgehead atoms. The summed E-state index contributed by atoms with van der Waals surface area (Å²) in [4.78, 5) is 0. The second-order valence-corrected chi connectivity index (χ2v) is 1.94. The van der Waals surface area contributed by atoms with Crippen LogP contribution in [-0.2, 0) is 6.42 Å². The molecule has 1 aromatic rings. The Morgan fingerprint density at radius 1 is 1.86 bits per heavy atom. The van der Waals surface area contributed by atoms with Crippen molar-refractivity contribution >= 4 is 11.5 Å². The number of rotatable bonds is 1. The monoisotopic (exact) mass is 112 g/mol. The van der Waals surface area contributed by atoms with Crippen molar-refractivity contribution in [1.29, 1.82) is 0 Å². The fourth-order valence-electron chi connectivity index (χ4n) is 0.350. The molecule has 0 aliphatic rings. The van der Waals surface area contributed by atoms with E-state index in [0.717, 1.165) is 6.42 Å². The fraction of sp³-hybridized carbons (Fsp3) is 0.200. The van der Waals surface area contributed by atoms with Gasteiger partial charge in [0, 0.05) is 11.6 Å². The average Bonchev–Trinajstić information content (AvgIpc) is 2.14. The van der Waals surface area contributed by atoms with Crippen LogP contribution in [0.5, 0.6) is 0 Å². The predicted molar refractivity (Wildman–Crippen MR) is 31.2 cm³/mol. The third-order valence-electron chi connectivity index (χ3n) is 0.772. The molecule has 0 amide bonds. The lowest BCUT2D eigenvalue weighted by Gasteiger charge is -1.76. The topological polar surface area (TPSA) is 12.9 Å². The maximum absolute atomic E-state index is 3.89. The first-order chi connectivity index (χ1) is 3.43. The fourth-order valence-corrected chi connectivity index (χ4v) is 0.921. The minimum Gasteiger partial charge on any atom is -0.201 e. The first kappa shape index (κ1) is 4.78. The Morgan fingerprint density at radius 3 is 3.00 bits per heavy atom. The van der Waals surface area contributed by atoms with Crippen molar-refractivity contribution in [2.45, 2.75) is 6.42 Å². The summed E-state index contributed by atoms with van der Waals surface area (Å²) < 4.78 is 3.89. The Labute approximate surface area is 47.2 Å². The van der Waals surface area contributed by atoms with Crippen LogP contribution in [0.25, 0.3) is 0 Å². The van der Waals surface area contributed by atoms with E-state index < -0.39 is 0 Å². The third-order valence-corrected chi connectivity index (χ3v) is 1.41. The molecule has 37 valence electrons. The summed E-state index contributed by atoms with van der Waals surface area (Å²) in [6.45, 7) is 3.69. The summed E-state index contributed by atoms with van der Waals surface area (Å²) in [6.07, 6.45) is 2.70. The van der Waals surface area contributed by atoms with Crippen LogP contribution in [0.4, 0.5) is 0 Å². The van der Waals surface area contributed by atoms with Gasteiger partial charge in [0.25, 0.3) is 0 Å². The first-order valence-corrected chi connectivity index (χ1v) is 2.94. The smallest absolute Gasteiger partial charge is 0.0438 e. The highest BCUT2D eigenvalue weighted by atomic mass is 32.1. The maximum atomic E-state index is 3.89. The summed E-state index contributed by atoms with van der Waals surface area (Å²) >= 11 is 1.47. The molecular weight excluding hydrogens is 106 g/mol. The molecule has 1 nitrogen and oxygen atoms in total. The molecule has 1 radical (unpaired) electrons. The molecule has 1 heterocycles. The number of aromatic nitrogens is 1. The Bertz CT molecular complexity index is 123. The minimum atomic E-state index is 0.858. The molecule has 0 N–H and O–H groups in total. The van der Waals surface area contributed by atoms with Crippen molar-refractivity contribution in [3.8, 4) is 0 Å². The average molecular weight is 112 g/mol. The van der Waals surface area contributed by atoms with Crippen LogP contribution in [0.3, 0.4) is 0 Å². The van der Waals surface area contributed by atoms with Gasteiger partial charge in [-0.15, -0.1) is 0 Å². The molecule has 2 heteroatoms. The van der Waals surface area contributed by atoms with Gasteiger partial charge in [-0.2, -0.15) is 0 Å². The van der Waals surface area contributed by atoms with Crippen molar-refractivity contribution in [3.05, 3.63) is 24.1 Å². The van der Waals surface area contributed by atoms with Crippen LogP contribution in [0, 0.1) is 6.92 Å². The van der Waals surface area contributed by atoms with E-state index in [1.807, 2.05) is 11.6 Å². The molecule has 0 spiro atoms. The van der Waals surface area contributed by atoms with Crippen LogP contribution >= 0.6 is 11.5 Å². The summed E-state index contributed by atoms with van der Waals surface area (Å²) in [5, 5.41) is 2.01. The highest BCUT2D eigenvalue weighted by Gasteiger charge is 1.84. The largest absolute Gasteiger partial charge is 0.201 e. The Balaban J connectivity index is 2.76. The molecule has 0 atom stereocenters. The molecule has 0 fully saturated rings. The van der Waals surface area contributed by atoms with Crippen molar-refractivity contribution in [2.75, 3.05) is 0 Å². The summed E-state index contributed by atoms with van der Waals surface area (Å²) in [7, 11) is 0. The van der Waals surface area contributed by atoms with Gasteiger partial charge < -0.3 is 0 Å². The predicted octanol–water partition coefficient (Wildman–Crippen LogP) is 1.52. The number of nitrogens with zero attached hydrogens (tertiary/aromatic N) is 1. The van der Waals surface area contributed by atoms with E-state index in [0.29, 0.717) is 0 Å². The molecule has 0 aromatic carbocycles. The molecular formula is C5H6NS. The zero-order valence-electron chi connectivity index (χ0n) is 3.92. The zero-order valence-corrected chi connectivity index (χ0v) is 4.74. The van der Waals surface area contributed by atoms with E-state index in [4.69, 9.17) is 0 Å². The summed E-state index contributed by atoms with van der Waals surface area (Å²) in [5.74, 6) is 0. The molecule has 7 heavy (non-hydrogen) atoms. The van der Waals surface area contributed by atoms with Gasteiger partial charge >= 0.3 is 0 Å². The second kappa shape index (κ2) is 2.07. The Hall–Kier alpha value is -0.370. The van der Waals surface area contributed by atoms with Crippen molar-refractivity contribution in [3.63, 3.8) is 0 Å². The first-order valence-electron chi connectivity index (χ1n) is 2.11. The van der Waals surface area contributed by atoms with Gasteiger partial charge in [0.15, 0.2) is 0 Å². The maximum Gasteiger partial charge on any atom is 0.0438 e. The van der Waals surface area contributed by atoms with E-state index in [9.17, 15) is 0 Å². The van der Waals surface area contributed by atoms with Crippen molar-refractivity contribution in [1.82, 2.24) is 4.37 Å². The quantitative estimate of drug-likeness (QED) is 0.536. The third kappa shape index (κ3) is 0.996. The van der Waals surface area contributed by atoms with Gasteiger partial charge in [-0.3, -0.25) is 0 Å². The lowest BCUT2D eigenvalue weighted by Crippen LogP contribution is -1.67. The van der Waals surface area contributed by atoms with Gasteiger partial charge in [0.05, 0.1) is 0 Å². The van der Waals surface area contributed by atoms with Crippen molar-refractivity contribution in [2.24, 2.45) is 0 Å². The zero-order chi connectivity index (χ0) is 5.11. The van der Waals surface area contributed by atoms with Crippen LogP contribution < -0.4 is 0 Å².